The van der Waals surface area contributed by atoms with Crippen LogP contribution >= 0.6 is 0 Å². The van der Waals surface area contributed by atoms with Crippen molar-refractivity contribution >= 4 is 12.1 Å². The first-order chi connectivity index (χ1) is 11.8. The Labute approximate surface area is 148 Å². The summed E-state index contributed by atoms with van der Waals surface area (Å²) in [6.07, 6.45) is -0.677. The number of benzene rings is 2. The molecule has 0 fully saturated rings. The quantitative estimate of drug-likeness (QED) is 0.835. The first-order valence-electron chi connectivity index (χ1n) is 8.10. The van der Waals surface area contributed by atoms with Crippen molar-refractivity contribution in [3.63, 3.8) is 0 Å². The van der Waals surface area contributed by atoms with E-state index in [0.29, 0.717) is 5.56 Å². The molecular formula is C20H23NO4. The van der Waals surface area contributed by atoms with E-state index >= 15 is 0 Å². The van der Waals surface area contributed by atoms with Gasteiger partial charge in [0.15, 0.2) is 6.04 Å². The van der Waals surface area contributed by atoms with Crippen LogP contribution in [0.25, 0.3) is 0 Å². The maximum absolute atomic E-state index is 12.5. The second-order valence-corrected chi connectivity index (χ2v) is 6.58. The number of alkyl carbamates (subject to hydrolysis) is 1. The van der Waals surface area contributed by atoms with Gasteiger partial charge in [0.2, 0.25) is 0 Å². The van der Waals surface area contributed by atoms with Crippen LogP contribution in [0.2, 0.25) is 0 Å². The van der Waals surface area contributed by atoms with Crippen molar-refractivity contribution in [2.24, 2.45) is 0 Å². The first kappa shape index (κ1) is 18.5. The van der Waals surface area contributed by atoms with Crippen LogP contribution in [-0.2, 0) is 20.9 Å². The van der Waals surface area contributed by atoms with E-state index in [1.54, 1.807) is 45.0 Å². The fraction of sp³-hybridized carbons (Fsp3) is 0.300. The highest BCUT2D eigenvalue weighted by molar-refractivity contribution is 5.83. The van der Waals surface area contributed by atoms with Crippen molar-refractivity contribution in [1.82, 2.24) is 5.32 Å². The Morgan fingerprint density at radius 2 is 1.52 bits per heavy atom. The van der Waals surface area contributed by atoms with Crippen molar-refractivity contribution in [3.05, 3.63) is 71.8 Å². The van der Waals surface area contributed by atoms with Gasteiger partial charge in [-0.1, -0.05) is 60.7 Å². The summed E-state index contributed by atoms with van der Waals surface area (Å²) >= 11 is 0. The number of hydrogen-bond donors (Lipinski definition) is 1. The van der Waals surface area contributed by atoms with Crippen molar-refractivity contribution < 1.29 is 19.1 Å². The molecule has 1 amide bonds. The fourth-order valence-corrected chi connectivity index (χ4v) is 2.17. The van der Waals surface area contributed by atoms with E-state index in [-0.39, 0.29) is 6.61 Å². The topological polar surface area (TPSA) is 64.6 Å². The van der Waals surface area contributed by atoms with E-state index in [2.05, 4.69) is 5.32 Å². The van der Waals surface area contributed by atoms with Gasteiger partial charge in [-0.15, -0.1) is 0 Å². The molecule has 0 bridgehead atoms. The van der Waals surface area contributed by atoms with E-state index in [1.165, 1.54) is 0 Å². The number of esters is 1. The molecule has 132 valence electrons. The molecule has 1 atom stereocenters. The fourth-order valence-electron chi connectivity index (χ4n) is 2.17. The SMILES string of the molecule is CC(C)(C)OC(=O)[C@@H](NC(=O)OCc1ccccc1)c1ccccc1. The van der Waals surface area contributed by atoms with Gasteiger partial charge in [-0.25, -0.2) is 9.59 Å². The Morgan fingerprint density at radius 3 is 2.08 bits per heavy atom. The minimum Gasteiger partial charge on any atom is -0.458 e. The molecular weight excluding hydrogens is 318 g/mol. The molecule has 25 heavy (non-hydrogen) atoms. The van der Waals surface area contributed by atoms with Gasteiger partial charge in [0.1, 0.15) is 12.2 Å². The van der Waals surface area contributed by atoms with Gasteiger partial charge in [0.05, 0.1) is 0 Å². The van der Waals surface area contributed by atoms with Gasteiger partial charge >= 0.3 is 12.1 Å². The van der Waals surface area contributed by atoms with Crippen molar-refractivity contribution in [1.29, 1.82) is 0 Å². The van der Waals surface area contributed by atoms with Crippen molar-refractivity contribution in [2.75, 3.05) is 0 Å². The molecule has 0 unspecified atom stereocenters. The largest absolute Gasteiger partial charge is 0.458 e. The van der Waals surface area contributed by atoms with Crippen LogP contribution in [0.15, 0.2) is 60.7 Å². The summed E-state index contributed by atoms with van der Waals surface area (Å²) in [7, 11) is 0. The second-order valence-electron chi connectivity index (χ2n) is 6.58. The standard InChI is InChI=1S/C20H23NO4/c1-20(2,3)25-18(22)17(16-12-8-5-9-13-16)21-19(23)24-14-15-10-6-4-7-11-15/h4-13,17H,14H2,1-3H3,(H,21,23)/t17-/m0/s1. The zero-order valence-corrected chi connectivity index (χ0v) is 14.7. The molecule has 5 heteroatoms. The molecule has 0 aliphatic heterocycles. The lowest BCUT2D eigenvalue weighted by atomic mass is 10.1. The predicted octanol–water partition coefficient (Wildman–Crippen LogP) is 4.00. The average Bonchev–Trinajstić information content (AvgIpc) is 2.58. The summed E-state index contributed by atoms with van der Waals surface area (Å²) in [6, 6.07) is 17.3. The number of carbonyl (C=O) groups excluding carboxylic acids is 2. The highest BCUT2D eigenvalue weighted by atomic mass is 16.6. The van der Waals surface area contributed by atoms with Crippen LogP contribution in [0.1, 0.15) is 37.9 Å². The summed E-state index contributed by atoms with van der Waals surface area (Å²) < 4.78 is 10.6. The molecule has 2 rings (SSSR count). The Bertz CT molecular complexity index is 693. The first-order valence-corrected chi connectivity index (χ1v) is 8.10. The predicted molar refractivity (Wildman–Crippen MR) is 94.8 cm³/mol. The van der Waals surface area contributed by atoms with Crippen LogP contribution < -0.4 is 5.32 Å². The number of rotatable bonds is 5. The molecule has 0 radical (unpaired) electrons. The van der Waals surface area contributed by atoms with E-state index in [9.17, 15) is 9.59 Å². The summed E-state index contributed by atoms with van der Waals surface area (Å²) in [4.78, 5) is 24.6. The summed E-state index contributed by atoms with van der Waals surface area (Å²) in [5.41, 5.74) is 0.847. The summed E-state index contributed by atoms with van der Waals surface area (Å²) in [5.74, 6) is -0.532. The Hall–Kier alpha value is -2.82. The number of hydrogen-bond acceptors (Lipinski definition) is 4. The molecule has 2 aromatic carbocycles. The molecule has 0 aromatic heterocycles. The van der Waals surface area contributed by atoms with Crippen LogP contribution in [0, 0.1) is 0 Å². The van der Waals surface area contributed by atoms with Gasteiger partial charge in [0.25, 0.3) is 0 Å². The molecule has 0 saturated heterocycles. The zero-order valence-electron chi connectivity index (χ0n) is 14.7. The molecule has 0 aliphatic rings. The smallest absolute Gasteiger partial charge is 0.408 e. The molecule has 5 nitrogen and oxygen atoms in total. The van der Waals surface area contributed by atoms with Gasteiger partial charge in [-0.3, -0.25) is 0 Å². The van der Waals surface area contributed by atoms with Crippen LogP contribution in [0.5, 0.6) is 0 Å². The van der Waals surface area contributed by atoms with Crippen LogP contribution in [0.3, 0.4) is 0 Å². The molecule has 0 heterocycles. The second kappa shape index (κ2) is 8.33. The van der Waals surface area contributed by atoms with Gasteiger partial charge < -0.3 is 14.8 Å². The third-order valence-corrected chi connectivity index (χ3v) is 3.25. The zero-order chi connectivity index (χ0) is 18.3. The minimum atomic E-state index is -0.927. The van der Waals surface area contributed by atoms with Gasteiger partial charge in [0, 0.05) is 0 Å². The van der Waals surface area contributed by atoms with Gasteiger partial charge in [-0.2, -0.15) is 0 Å². The number of nitrogens with one attached hydrogen (secondary N) is 1. The van der Waals surface area contributed by atoms with E-state index < -0.39 is 23.7 Å². The van der Waals surface area contributed by atoms with Crippen LogP contribution in [0.4, 0.5) is 4.79 Å². The Balaban J connectivity index is 2.05. The van der Waals surface area contributed by atoms with Crippen LogP contribution in [-0.4, -0.2) is 17.7 Å². The lowest BCUT2D eigenvalue weighted by Gasteiger charge is -2.24. The van der Waals surface area contributed by atoms with E-state index in [0.717, 1.165) is 5.56 Å². The number of amides is 1. The molecule has 1 N–H and O–H groups in total. The normalized spacial score (nSPS) is 12.1. The molecule has 2 aromatic rings. The average molecular weight is 341 g/mol. The van der Waals surface area contributed by atoms with Gasteiger partial charge in [-0.05, 0) is 31.9 Å². The Kier molecular flexibility index (Phi) is 6.17. The lowest BCUT2D eigenvalue weighted by Crippen LogP contribution is -2.38. The van der Waals surface area contributed by atoms with Crippen molar-refractivity contribution in [2.45, 2.75) is 39.0 Å². The lowest BCUT2D eigenvalue weighted by molar-refractivity contribution is -0.157. The molecule has 0 aliphatic carbocycles. The summed E-state index contributed by atoms with van der Waals surface area (Å²) in [5, 5.41) is 2.59. The third kappa shape index (κ3) is 6.30. The van der Waals surface area contributed by atoms with E-state index in [4.69, 9.17) is 9.47 Å². The summed E-state index contributed by atoms with van der Waals surface area (Å²) in [6.45, 7) is 5.46. The molecule has 0 saturated carbocycles. The maximum Gasteiger partial charge on any atom is 0.408 e. The number of ether oxygens (including phenoxy) is 2. The highest BCUT2D eigenvalue weighted by Gasteiger charge is 2.28. The van der Waals surface area contributed by atoms with Crippen molar-refractivity contribution in [3.8, 4) is 0 Å². The molecule has 0 spiro atoms. The highest BCUT2D eigenvalue weighted by Crippen LogP contribution is 2.19. The third-order valence-electron chi connectivity index (χ3n) is 3.25. The number of carbonyl (C=O) groups is 2. The Morgan fingerprint density at radius 1 is 0.960 bits per heavy atom. The van der Waals surface area contributed by atoms with E-state index in [1.807, 2.05) is 36.4 Å². The maximum atomic E-state index is 12.5. The monoisotopic (exact) mass is 341 g/mol. The minimum absolute atomic E-state index is 0.127.